The molecule has 0 rings (SSSR count). The molecule has 0 fully saturated rings. The van der Waals surface area contributed by atoms with Crippen LogP contribution in [0.3, 0.4) is 0 Å². The predicted molar refractivity (Wildman–Crippen MR) is 59.8 cm³/mol. The highest BCUT2D eigenvalue weighted by molar-refractivity contribution is 4.80. The maximum atomic E-state index is 5.47. The van der Waals surface area contributed by atoms with E-state index in [2.05, 4.69) is 40.9 Å². The highest BCUT2D eigenvalue weighted by atomic mass is 16.5. The number of hydrogen-bond acceptors (Lipinski definition) is 2. The van der Waals surface area contributed by atoms with E-state index in [1.54, 1.807) is 0 Å². The molecule has 0 spiro atoms. The first-order valence-electron chi connectivity index (χ1n) is 5.07. The van der Waals surface area contributed by atoms with E-state index in [4.69, 9.17) is 9.47 Å². The van der Waals surface area contributed by atoms with Crippen molar-refractivity contribution in [1.29, 1.82) is 0 Å². The van der Waals surface area contributed by atoms with Crippen molar-refractivity contribution in [3.8, 4) is 0 Å². The maximum Gasteiger partial charge on any atom is 0.137 e. The zero-order valence-corrected chi connectivity index (χ0v) is 9.69. The zero-order valence-electron chi connectivity index (χ0n) is 9.69. The van der Waals surface area contributed by atoms with Crippen molar-refractivity contribution < 1.29 is 9.47 Å². The molecule has 0 aliphatic carbocycles. The van der Waals surface area contributed by atoms with Crippen LogP contribution in [0.1, 0.15) is 27.7 Å². The molecule has 0 aromatic heterocycles. The fourth-order valence-corrected chi connectivity index (χ4v) is 1.45. The molecule has 0 aromatic carbocycles. The molecule has 2 atom stereocenters. The summed E-state index contributed by atoms with van der Waals surface area (Å²) in [5.74, 6) is 0.778. The molecule has 2 unspecified atom stereocenters. The van der Waals surface area contributed by atoms with E-state index in [0.717, 1.165) is 0 Å². The van der Waals surface area contributed by atoms with Crippen molar-refractivity contribution in [2.45, 2.75) is 39.9 Å². The van der Waals surface area contributed by atoms with Gasteiger partial charge in [0.05, 0.1) is 12.5 Å². The topological polar surface area (TPSA) is 18.5 Å². The van der Waals surface area contributed by atoms with Crippen LogP contribution in [0.15, 0.2) is 25.7 Å². The molecule has 82 valence electrons. The van der Waals surface area contributed by atoms with Gasteiger partial charge < -0.3 is 9.47 Å². The third kappa shape index (κ3) is 3.86. The van der Waals surface area contributed by atoms with Gasteiger partial charge in [0.25, 0.3) is 0 Å². The van der Waals surface area contributed by atoms with Crippen LogP contribution in [-0.4, -0.2) is 12.2 Å². The molecule has 0 amide bonds. The lowest BCUT2D eigenvalue weighted by atomic mass is 9.93. The van der Waals surface area contributed by atoms with Crippen LogP contribution in [0, 0.1) is 11.8 Å². The van der Waals surface area contributed by atoms with E-state index in [9.17, 15) is 0 Å². The normalized spacial score (nSPS) is 15.0. The second-order valence-corrected chi connectivity index (χ2v) is 4.02. The Balaban J connectivity index is 4.52. The maximum absolute atomic E-state index is 5.47. The van der Waals surface area contributed by atoms with E-state index < -0.39 is 0 Å². The molecule has 0 saturated carbocycles. The Bertz CT molecular complexity index is 153. The van der Waals surface area contributed by atoms with Crippen molar-refractivity contribution in [1.82, 2.24) is 0 Å². The van der Waals surface area contributed by atoms with E-state index in [-0.39, 0.29) is 12.2 Å². The molecule has 0 aliphatic heterocycles. The Morgan fingerprint density at radius 3 is 1.21 bits per heavy atom. The Kier molecular flexibility index (Phi) is 6.09. The summed E-state index contributed by atoms with van der Waals surface area (Å²) in [7, 11) is 0. The van der Waals surface area contributed by atoms with Gasteiger partial charge in [-0.15, -0.1) is 0 Å². The minimum atomic E-state index is 0.0329. The minimum absolute atomic E-state index is 0.0329. The Hall–Kier alpha value is -0.920. The summed E-state index contributed by atoms with van der Waals surface area (Å²) < 4.78 is 10.9. The molecular weight excluding hydrogens is 176 g/mol. The van der Waals surface area contributed by atoms with Crippen LogP contribution < -0.4 is 0 Å². The average Bonchev–Trinajstić information content (AvgIpc) is 2.10. The highest BCUT2D eigenvalue weighted by Gasteiger charge is 2.28. The fourth-order valence-electron chi connectivity index (χ4n) is 1.45. The second kappa shape index (κ2) is 6.52. The zero-order chi connectivity index (χ0) is 11.1. The molecule has 14 heavy (non-hydrogen) atoms. The first-order chi connectivity index (χ1) is 6.54. The molecule has 0 aromatic rings. The minimum Gasteiger partial charge on any atom is -0.495 e. The lowest BCUT2D eigenvalue weighted by Crippen LogP contribution is -2.37. The largest absolute Gasteiger partial charge is 0.495 e. The Morgan fingerprint density at radius 2 is 1.07 bits per heavy atom. The summed E-state index contributed by atoms with van der Waals surface area (Å²) in [5.41, 5.74) is 0. The van der Waals surface area contributed by atoms with Gasteiger partial charge in [-0.05, 0) is 11.8 Å². The monoisotopic (exact) mass is 198 g/mol. The number of rotatable bonds is 7. The van der Waals surface area contributed by atoms with Crippen molar-refractivity contribution in [2.75, 3.05) is 0 Å². The van der Waals surface area contributed by atoms with Gasteiger partial charge in [-0.2, -0.15) is 0 Å². The van der Waals surface area contributed by atoms with E-state index >= 15 is 0 Å². The van der Waals surface area contributed by atoms with Gasteiger partial charge in [0, 0.05) is 0 Å². The lowest BCUT2D eigenvalue weighted by Gasteiger charge is -2.31. The fraction of sp³-hybridized carbons (Fsp3) is 0.667. The van der Waals surface area contributed by atoms with Gasteiger partial charge in [0.1, 0.15) is 12.2 Å². The van der Waals surface area contributed by atoms with Crippen LogP contribution in [0.4, 0.5) is 0 Å². The van der Waals surface area contributed by atoms with Crippen LogP contribution in [0.25, 0.3) is 0 Å². The molecule has 2 heteroatoms. The van der Waals surface area contributed by atoms with Crippen LogP contribution in [0.2, 0.25) is 0 Å². The molecule has 0 bridgehead atoms. The van der Waals surface area contributed by atoms with Gasteiger partial charge in [0.2, 0.25) is 0 Å². The van der Waals surface area contributed by atoms with E-state index in [1.807, 2.05) is 0 Å². The first kappa shape index (κ1) is 13.1. The molecule has 0 radical (unpaired) electrons. The lowest BCUT2D eigenvalue weighted by molar-refractivity contribution is -0.0469. The SMILES string of the molecule is C=COC(C(C)C)C(OC=C)C(C)C. The van der Waals surface area contributed by atoms with E-state index in [1.165, 1.54) is 12.5 Å². The van der Waals surface area contributed by atoms with Gasteiger partial charge in [-0.1, -0.05) is 40.9 Å². The van der Waals surface area contributed by atoms with Crippen molar-refractivity contribution in [2.24, 2.45) is 11.8 Å². The van der Waals surface area contributed by atoms with Crippen molar-refractivity contribution in [3.63, 3.8) is 0 Å². The summed E-state index contributed by atoms with van der Waals surface area (Å²) in [5, 5.41) is 0. The number of hydrogen-bond donors (Lipinski definition) is 0. The predicted octanol–water partition coefficient (Wildman–Crippen LogP) is 3.36. The average molecular weight is 198 g/mol. The van der Waals surface area contributed by atoms with Gasteiger partial charge >= 0.3 is 0 Å². The van der Waals surface area contributed by atoms with Crippen LogP contribution >= 0.6 is 0 Å². The summed E-state index contributed by atoms with van der Waals surface area (Å²) in [6, 6.07) is 0. The van der Waals surface area contributed by atoms with Crippen molar-refractivity contribution in [3.05, 3.63) is 25.7 Å². The molecule has 0 N–H and O–H groups in total. The van der Waals surface area contributed by atoms with Gasteiger partial charge in [-0.3, -0.25) is 0 Å². The quantitative estimate of drug-likeness (QED) is 0.584. The van der Waals surface area contributed by atoms with Gasteiger partial charge in [0.15, 0.2) is 0 Å². The smallest absolute Gasteiger partial charge is 0.137 e. The highest BCUT2D eigenvalue weighted by Crippen LogP contribution is 2.20. The summed E-state index contributed by atoms with van der Waals surface area (Å²) in [4.78, 5) is 0. The number of ether oxygens (including phenoxy) is 2. The summed E-state index contributed by atoms with van der Waals surface area (Å²) in [6.07, 6.45) is 3.02. The third-order valence-electron chi connectivity index (χ3n) is 2.14. The second-order valence-electron chi connectivity index (χ2n) is 4.02. The first-order valence-corrected chi connectivity index (χ1v) is 5.07. The molecule has 2 nitrogen and oxygen atoms in total. The Labute approximate surface area is 87.6 Å². The molecular formula is C12H22O2. The summed E-state index contributed by atoms with van der Waals surface area (Å²) >= 11 is 0. The van der Waals surface area contributed by atoms with Crippen LogP contribution in [-0.2, 0) is 9.47 Å². The van der Waals surface area contributed by atoms with E-state index in [0.29, 0.717) is 11.8 Å². The van der Waals surface area contributed by atoms with Crippen LogP contribution in [0.5, 0.6) is 0 Å². The molecule has 0 saturated heterocycles. The van der Waals surface area contributed by atoms with Gasteiger partial charge in [-0.25, -0.2) is 0 Å². The standard InChI is InChI=1S/C12H22O2/c1-7-13-11(9(3)4)12(10(5)6)14-8-2/h7-12H,1-2H2,3-6H3. The molecule has 0 aliphatic rings. The third-order valence-corrected chi connectivity index (χ3v) is 2.14. The summed E-state index contributed by atoms with van der Waals surface area (Å²) in [6.45, 7) is 15.6. The molecule has 0 heterocycles. The Morgan fingerprint density at radius 1 is 0.786 bits per heavy atom. The van der Waals surface area contributed by atoms with Crippen molar-refractivity contribution >= 4 is 0 Å².